The van der Waals surface area contributed by atoms with Crippen LogP contribution in [0.15, 0.2) is 71.9 Å². The molecule has 0 bridgehead atoms. The van der Waals surface area contributed by atoms with Crippen LogP contribution in [0.2, 0.25) is 0 Å². The van der Waals surface area contributed by atoms with E-state index in [9.17, 15) is 14.4 Å². The van der Waals surface area contributed by atoms with Gasteiger partial charge in [0.1, 0.15) is 11.7 Å². The number of nitrogens with zero attached hydrogens (tertiary/aromatic N) is 1. The summed E-state index contributed by atoms with van der Waals surface area (Å²) in [7, 11) is 1.52. The summed E-state index contributed by atoms with van der Waals surface area (Å²) in [6.07, 6.45) is -0.636. The van der Waals surface area contributed by atoms with Gasteiger partial charge in [-0.2, -0.15) is 0 Å². The minimum absolute atomic E-state index is 0.144. The SMILES string of the molecule is COCC(C)=C(C(=O)OC(c1ccccc1)c1ccccc1)N1CC(NC(C)=O)C1=O. The molecule has 3 rings (SSSR count). The van der Waals surface area contributed by atoms with E-state index >= 15 is 0 Å². The van der Waals surface area contributed by atoms with Gasteiger partial charge in [0.05, 0.1) is 13.2 Å². The Hall–Kier alpha value is -3.45. The lowest BCUT2D eigenvalue weighted by Gasteiger charge is -2.40. The van der Waals surface area contributed by atoms with Crippen LogP contribution in [0, 0.1) is 0 Å². The molecule has 0 aromatic heterocycles. The van der Waals surface area contributed by atoms with E-state index in [4.69, 9.17) is 9.47 Å². The number of methoxy groups -OCH3 is 1. The Morgan fingerprint density at radius 2 is 1.58 bits per heavy atom. The molecule has 0 radical (unpaired) electrons. The van der Waals surface area contributed by atoms with Gasteiger partial charge in [0, 0.05) is 14.0 Å². The van der Waals surface area contributed by atoms with Gasteiger partial charge in [-0.05, 0) is 23.6 Å². The van der Waals surface area contributed by atoms with Crippen molar-refractivity contribution in [2.24, 2.45) is 0 Å². The molecule has 1 atom stereocenters. The molecule has 1 saturated heterocycles. The molecule has 0 saturated carbocycles. The monoisotopic (exact) mass is 422 g/mol. The van der Waals surface area contributed by atoms with Gasteiger partial charge >= 0.3 is 5.97 Å². The van der Waals surface area contributed by atoms with Crippen LogP contribution in [0.4, 0.5) is 0 Å². The number of β-lactam (4-membered cyclic amide) rings is 1. The van der Waals surface area contributed by atoms with Crippen molar-refractivity contribution >= 4 is 17.8 Å². The summed E-state index contributed by atoms with van der Waals surface area (Å²) in [5, 5.41) is 2.58. The van der Waals surface area contributed by atoms with Crippen molar-refractivity contribution in [3.63, 3.8) is 0 Å². The van der Waals surface area contributed by atoms with Gasteiger partial charge in [0.15, 0.2) is 6.10 Å². The van der Waals surface area contributed by atoms with Crippen molar-refractivity contribution in [1.29, 1.82) is 0 Å². The highest BCUT2D eigenvalue weighted by atomic mass is 16.5. The summed E-state index contributed by atoms with van der Waals surface area (Å²) in [6.45, 7) is 3.44. The average molecular weight is 422 g/mol. The lowest BCUT2D eigenvalue weighted by Crippen LogP contribution is -2.63. The van der Waals surface area contributed by atoms with Gasteiger partial charge < -0.3 is 19.7 Å². The maximum absolute atomic E-state index is 13.3. The molecule has 1 aliphatic rings. The lowest BCUT2D eigenvalue weighted by molar-refractivity contribution is -0.153. The van der Waals surface area contributed by atoms with E-state index in [0.29, 0.717) is 5.57 Å². The number of ether oxygens (including phenoxy) is 2. The normalized spacial score (nSPS) is 16.5. The lowest BCUT2D eigenvalue weighted by atomic mass is 10.0. The molecule has 2 aromatic carbocycles. The molecule has 2 aromatic rings. The summed E-state index contributed by atoms with van der Waals surface area (Å²) in [5.74, 6) is -1.27. The summed E-state index contributed by atoms with van der Waals surface area (Å²) in [4.78, 5) is 38.5. The highest BCUT2D eigenvalue weighted by Crippen LogP contribution is 2.29. The molecule has 1 aliphatic heterocycles. The van der Waals surface area contributed by atoms with Crippen LogP contribution in [0.25, 0.3) is 0 Å². The van der Waals surface area contributed by atoms with E-state index < -0.39 is 18.1 Å². The van der Waals surface area contributed by atoms with Crippen LogP contribution in [-0.4, -0.2) is 49.0 Å². The van der Waals surface area contributed by atoms with Crippen LogP contribution < -0.4 is 5.32 Å². The van der Waals surface area contributed by atoms with Gasteiger partial charge in [-0.25, -0.2) is 4.79 Å². The molecule has 31 heavy (non-hydrogen) atoms. The number of nitrogens with one attached hydrogen (secondary N) is 1. The summed E-state index contributed by atoms with van der Waals surface area (Å²) >= 11 is 0. The topological polar surface area (TPSA) is 84.9 Å². The first-order chi connectivity index (χ1) is 14.9. The first-order valence-corrected chi connectivity index (χ1v) is 10.0. The van der Waals surface area contributed by atoms with Crippen molar-refractivity contribution in [1.82, 2.24) is 10.2 Å². The van der Waals surface area contributed by atoms with E-state index in [1.165, 1.54) is 18.9 Å². The highest BCUT2D eigenvalue weighted by molar-refractivity contribution is 6.00. The Morgan fingerprint density at radius 1 is 1.03 bits per heavy atom. The molecule has 1 unspecified atom stereocenters. The Balaban J connectivity index is 1.89. The van der Waals surface area contributed by atoms with Crippen LogP contribution >= 0.6 is 0 Å². The fourth-order valence-corrected chi connectivity index (χ4v) is 3.53. The quantitative estimate of drug-likeness (QED) is 0.402. The van der Waals surface area contributed by atoms with Crippen molar-refractivity contribution in [2.75, 3.05) is 20.3 Å². The van der Waals surface area contributed by atoms with Crippen LogP contribution in [0.5, 0.6) is 0 Å². The maximum atomic E-state index is 13.3. The van der Waals surface area contributed by atoms with E-state index in [1.807, 2.05) is 60.7 Å². The molecule has 162 valence electrons. The third-order valence-electron chi connectivity index (χ3n) is 4.96. The second-order valence-electron chi connectivity index (χ2n) is 7.37. The number of hydrogen-bond donors (Lipinski definition) is 1. The van der Waals surface area contributed by atoms with Gasteiger partial charge in [-0.15, -0.1) is 0 Å². The highest BCUT2D eigenvalue weighted by Gasteiger charge is 2.43. The molecule has 0 aliphatic carbocycles. The fraction of sp³-hybridized carbons (Fsp3) is 0.292. The molecule has 7 nitrogen and oxygen atoms in total. The third kappa shape index (κ3) is 5.19. The molecule has 0 spiro atoms. The number of amides is 2. The van der Waals surface area contributed by atoms with Crippen molar-refractivity contribution in [3.8, 4) is 0 Å². The second kappa shape index (κ2) is 10.0. The summed E-state index contributed by atoms with van der Waals surface area (Å²) in [6, 6.07) is 18.2. The number of rotatable bonds is 8. The zero-order valence-electron chi connectivity index (χ0n) is 17.8. The fourth-order valence-electron chi connectivity index (χ4n) is 3.53. The minimum atomic E-state index is -0.644. The van der Waals surface area contributed by atoms with Crippen molar-refractivity contribution in [3.05, 3.63) is 83.1 Å². The van der Waals surface area contributed by atoms with Gasteiger partial charge in [0.2, 0.25) is 5.91 Å². The minimum Gasteiger partial charge on any atom is -0.448 e. The number of benzene rings is 2. The Morgan fingerprint density at radius 3 is 2.03 bits per heavy atom. The molecule has 1 heterocycles. The molecular weight excluding hydrogens is 396 g/mol. The number of carbonyl (C=O) groups excluding carboxylic acids is 3. The van der Waals surface area contributed by atoms with E-state index in [-0.39, 0.29) is 30.7 Å². The Labute approximate surface area is 181 Å². The summed E-state index contributed by atoms with van der Waals surface area (Å²) < 4.78 is 11.1. The van der Waals surface area contributed by atoms with Gasteiger partial charge in [-0.3, -0.25) is 9.59 Å². The largest absolute Gasteiger partial charge is 0.448 e. The number of hydrogen-bond acceptors (Lipinski definition) is 5. The van der Waals surface area contributed by atoms with Crippen molar-refractivity contribution in [2.45, 2.75) is 26.0 Å². The number of carbonyl (C=O) groups is 3. The smallest absolute Gasteiger partial charge is 0.356 e. The van der Waals surface area contributed by atoms with Crippen molar-refractivity contribution < 1.29 is 23.9 Å². The van der Waals surface area contributed by atoms with Gasteiger partial charge in [0.25, 0.3) is 5.91 Å². The maximum Gasteiger partial charge on any atom is 0.356 e. The predicted octanol–water partition coefficient (Wildman–Crippen LogP) is 2.59. The molecule has 1 fully saturated rings. The average Bonchev–Trinajstić information content (AvgIpc) is 2.77. The first-order valence-electron chi connectivity index (χ1n) is 10.0. The summed E-state index contributed by atoms with van der Waals surface area (Å²) in [5.41, 5.74) is 2.35. The predicted molar refractivity (Wildman–Crippen MR) is 115 cm³/mol. The van der Waals surface area contributed by atoms with Crippen LogP contribution in [0.3, 0.4) is 0 Å². The third-order valence-corrected chi connectivity index (χ3v) is 4.96. The first kappa shape index (κ1) is 22.2. The standard InChI is InChI=1S/C24H26N2O5/c1-16(15-30-3)21(26-14-20(23(26)28)25-17(2)27)24(29)31-22(18-10-6-4-7-11-18)19-12-8-5-9-13-19/h4-13,20,22H,14-15H2,1-3H3,(H,25,27). The van der Waals surface area contributed by atoms with Gasteiger partial charge in [-0.1, -0.05) is 60.7 Å². The zero-order valence-corrected chi connectivity index (χ0v) is 17.8. The van der Waals surface area contributed by atoms with Crippen LogP contribution in [-0.2, 0) is 23.9 Å². The number of likely N-dealkylation sites (tertiary alicyclic amines) is 1. The zero-order chi connectivity index (χ0) is 22.4. The van der Waals surface area contributed by atoms with E-state index in [2.05, 4.69) is 5.32 Å². The van der Waals surface area contributed by atoms with E-state index in [0.717, 1.165) is 11.1 Å². The molecule has 1 N–H and O–H groups in total. The molecular formula is C24H26N2O5. The molecule has 7 heteroatoms. The van der Waals surface area contributed by atoms with Crippen LogP contribution in [0.1, 0.15) is 31.1 Å². The Bertz CT molecular complexity index is 932. The molecule has 2 amide bonds. The number of esters is 1. The second-order valence-corrected chi connectivity index (χ2v) is 7.37. The van der Waals surface area contributed by atoms with E-state index in [1.54, 1.807) is 6.92 Å². The Kier molecular flexibility index (Phi) is 7.20.